The second-order valence-electron chi connectivity index (χ2n) is 2.90. The fourth-order valence-electron chi connectivity index (χ4n) is 0.953. The van der Waals surface area contributed by atoms with Gasteiger partial charge < -0.3 is 5.73 Å². The topological polar surface area (TPSA) is 56.0 Å². The van der Waals surface area contributed by atoms with Gasteiger partial charge in [0.25, 0.3) is 0 Å². The first-order chi connectivity index (χ1) is 5.61. The Morgan fingerprint density at radius 2 is 2.25 bits per heavy atom. The van der Waals surface area contributed by atoms with Crippen molar-refractivity contribution in [3.63, 3.8) is 0 Å². The molecule has 0 radical (unpaired) electrons. The Bertz CT molecular complexity index is 294. The SMILES string of the molecule is Cc1cncc(C(=O)C(C)N)c1. The van der Waals surface area contributed by atoms with Crippen molar-refractivity contribution in [2.75, 3.05) is 0 Å². The summed E-state index contributed by atoms with van der Waals surface area (Å²) in [5.41, 5.74) is 7.00. The molecule has 1 aromatic rings. The Hall–Kier alpha value is -1.22. The number of Topliss-reactive ketones (excluding diaryl/α,β-unsaturated/α-hetero) is 1. The highest BCUT2D eigenvalue weighted by Gasteiger charge is 2.10. The average Bonchev–Trinajstić information content (AvgIpc) is 2.03. The molecule has 3 nitrogen and oxygen atoms in total. The molecule has 0 saturated heterocycles. The summed E-state index contributed by atoms with van der Waals surface area (Å²) in [6.45, 7) is 3.57. The van der Waals surface area contributed by atoms with Crippen LogP contribution in [0.4, 0.5) is 0 Å². The first-order valence-corrected chi connectivity index (χ1v) is 3.82. The smallest absolute Gasteiger partial charge is 0.180 e. The molecule has 0 bridgehead atoms. The summed E-state index contributed by atoms with van der Waals surface area (Å²) in [7, 11) is 0. The molecule has 0 amide bonds. The van der Waals surface area contributed by atoms with Crippen LogP contribution in [0.1, 0.15) is 22.8 Å². The number of hydrogen-bond acceptors (Lipinski definition) is 3. The molecule has 64 valence electrons. The first kappa shape index (κ1) is 8.87. The van der Waals surface area contributed by atoms with E-state index in [4.69, 9.17) is 5.73 Å². The van der Waals surface area contributed by atoms with Gasteiger partial charge in [-0.15, -0.1) is 0 Å². The number of carbonyl (C=O) groups is 1. The van der Waals surface area contributed by atoms with Crippen LogP contribution in [0.3, 0.4) is 0 Å². The van der Waals surface area contributed by atoms with E-state index in [0.717, 1.165) is 5.56 Å². The van der Waals surface area contributed by atoms with Crippen LogP contribution in [0.5, 0.6) is 0 Å². The van der Waals surface area contributed by atoms with Gasteiger partial charge in [-0.3, -0.25) is 9.78 Å². The van der Waals surface area contributed by atoms with Gasteiger partial charge in [-0.05, 0) is 25.5 Å². The van der Waals surface area contributed by atoms with Crippen molar-refractivity contribution >= 4 is 5.78 Å². The second-order valence-corrected chi connectivity index (χ2v) is 2.90. The average molecular weight is 164 g/mol. The molecular weight excluding hydrogens is 152 g/mol. The van der Waals surface area contributed by atoms with E-state index < -0.39 is 6.04 Å². The minimum absolute atomic E-state index is 0.0637. The molecule has 1 heterocycles. The predicted molar refractivity (Wildman–Crippen MR) is 47.0 cm³/mol. The van der Waals surface area contributed by atoms with E-state index in [2.05, 4.69) is 4.98 Å². The van der Waals surface area contributed by atoms with E-state index in [1.54, 1.807) is 25.4 Å². The molecule has 3 heteroatoms. The molecule has 1 rings (SSSR count). The summed E-state index contributed by atoms with van der Waals surface area (Å²) in [5, 5.41) is 0. The van der Waals surface area contributed by atoms with Gasteiger partial charge in [-0.25, -0.2) is 0 Å². The monoisotopic (exact) mass is 164 g/mol. The molecule has 0 saturated carbocycles. The highest BCUT2D eigenvalue weighted by molar-refractivity contribution is 5.99. The van der Waals surface area contributed by atoms with Crippen LogP contribution in [-0.4, -0.2) is 16.8 Å². The number of rotatable bonds is 2. The van der Waals surface area contributed by atoms with Crippen LogP contribution in [-0.2, 0) is 0 Å². The maximum absolute atomic E-state index is 11.3. The highest BCUT2D eigenvalue weighted by atomic mass is 16.1. The number of carbonyl (C=O) groups excluding carboxylic acids is 1. The van der Waals surface area contributed by atoms with Gasteiger partial charge in [-0.1, -0.05) is 0 Å². The Morgan fingerprint density at radius 3 is 2.75 bits per heavy atom. The standard InChI is InChI=1S/C9H12N2O/c1-6-3-8(5-11-4-6)9(12)7(2)10/h3-5,7H,10H2,1-2H3. The zero-order valence-corrected chi connectivity index (χ0v) is 7.24. The maximum Gasteiger partial charge on any atom is 0.180 e. The molecule has 0 spiro atoms. The van der Waals surface area contributed by atoms with Crippen molar-refractivity contribution in [2.45, 2.75) is 19.9 Å². The van der Waals surface area contributed by atoms with Crippen molar-refractivity contribution in [1.29, 1.82) is 0 Å². The molecule has 2 N–H and O–H groups in total. The van der Waals surface area contributed by atoms with Crippen LogP contribution in [0, 0.1) is 6.92 Å². The summed E-state index contributed by atoms with van der Waals surface area (Å²) in [6, 6.07) is 1.34. The normalized spacial score (nSPS) is 12.6. The van der Waals surface area contributed by atoms with Crippen molar-refractivity contribution in [3.8, 4) is 0 Å². The summed E-state index contributed by atoms with van der Waals surface area (Å²) in [5.74, 6) is -0.0637. The lowest BCUT2D eigenvalue weighted by molar-refractivity contribution is 0.0967. The Morgan fingerprint density at radius 1 is 1.58 bits per heavy atom. The number of hydrogen-bond donors (Lipinski definition) is 1. The quantitative estimate of drug-likeness (QED) is 0.661. The minimum atomic E-state index is -0.450. The first-order valence-electron chi connectivity index (χ1n) is 3.82. The van der Waals surface area contributed by atoms with Crippen LogP contribution < -0.4 is 5.73 Å². The zero-order valence-electron chi connectivity index (χ0n) is 7.24. The van der Waals surface area contributed by atoms with Crippen LogP contribution in [0.2, 0.25) is 0 Å². The zero-order chi connectivity index (χ0) is 9.14. The third kappa shape index (κ3) is 1.89. The van der Waals surface area contributed by atoms with E-state index in [9.17, 15) is 4.79 Å². The number of ketones is 1. The number of aromatic nitrogens is 1. The van der Waals surface area contributed by atoms with Crippen LogP contribution in [0.15, 0.2) is 18.5 Å². The van der Waals surface area contributed by atoms with Crippen LogP contribution >= 0.6 is 0 Å². The van der Waals surface area contributed by atoms with E-state index in [-0.39, 0.29) is 5.78 Å². The Labute approximate surface area is 71.6 Å². The number of pyridine rings is 1. The summed E-state index contributed by atoms with van der Waals surface area (Å²) < 4.78 is 0. The van der Waals surface area contributed by atoms with Gasteiger partial charge in [0, 0.05) is 18.0 Å². The van der Waals surface area contributed by atoms with Gasteiger partial charge in [0.2, 0.25) is 0 Å². The Kier molecular flexibility index (Phi) is 2.55. The molecule has 1 unspecified atom stereocenters. The van der Waals surface area contributed by atoms with Crippen molar-refractivity contribution in [1.82, 2.24) is 4.98 Å². The summed E-state index contributed by atoms with van der Waals surface area (Å²) >= 11 is 0. The minimum Gasteiger partial charge on any atom is -0.321 e. The number of nitrogens with two attached hydrogens (primary N) is 1. The summed E-state index contributed by atoms with van der Waals surface area (Å²) in [6.07, 6.45) is 3.25. The maximum atomic E-state index is 11.3. The number of nitrogens with zero attached hydrogens (tertiary/aromatic N) is 1. The highest BCUT2D eigenvalue weighted by Crippen LogP contribution is 2.03. The van der Waals surface area contributed by atoms with Gasteiger partial charge in [0.15, 0.2) is 5.78 Å². The van der Waals surface area contributed by atoms with E-state index in [1.807, 2.05) is 6.92 Å². The molecule has 1 atom stereocenters. The van der Waals surface area contributed by atoms with Gasteiger partial charge in [-0.2, -0.15) is 0 Å². The molecule has 0 aliphatic carbocycles. The third-order valence-electron chi connectivity index (χ3n) is 1.57. The molecular formula is C9H12N2O. The molecule has 0 aliphatic heterocycles. The van der Waals surface area contributed by atoms with Crippen molar-refractivity contribution in [2.24, 2.45) is 5.73 Å². The second kappa shape index (κ2) is 3.45. The van der Waals surface area contributed by atoms with Crippen molar-refractivity contribution < 1.29 is 4.79 Å². The van der Waals surface area contributed by atoms with Crippen molar-refractivity contribution in [3.05, 3.63) is 29.6 Å². The summed E-state index contributed by atoms with van der Waals surface area (Å²) in [4.78, 5) is 15.2. The van der Waals surface area contributed by atoms with E-state index in [1.165, 1.54) is 0 Å². The molecule has 0 fully saturated rings. The molecule has 12 heavy (non-hydrogen) atoms. The lowest BCUT2D eigenvalue weighted by Crippen LogP contribution is -2.26. The van der Waals surface area contributed by atoms with Crippen LogP contribution in [0.25, 0.3) is 0 Å². The third-order valence-corrected chi connectivity index (χ3v) is 1.57. The lowest BCUT2D eigenvalue weighted by atomic mass is 10.1. The molecule has 1 aromatic heterocycles. The Balaban J connectivity index is 2.96. The predicted octanol–water partition coefficient (Wildman–Crippen LogP) is 0.920. The van der Waals surface area contributed by atoms with Gasteiger partial charge in [0.1, 0.15) is 0 Å². The fourth-order valence-corrected chi connectivity index (χ4v) is 0.953. The van der Waals surface area contributed by atoms with Gasteiger partial charge in [0.05, 0.1) is 6.04 Å². The number of aryl methyl sites for hydroxylation is 1. The van der Waals surface area contributed by atoms with E-state index in [0.29, 0.717) is 5.56 Å². The van der Waals surface area contributed by atoms with Gasteiger partial charge >= 0.3 is 0 Å². The molecule has 0 aromatic carbocycles. The fraction of sp³-hybridized carbons (Fsp3) is 0.333. The van der Waals surface area contributed by atoms with E-state index >= 15 is 0 Å². The lowest BCUT2D eigenvalue weighted by Gasteiger charge is -2.03. The largest absolute Gasteiger partial charge is 0.321 e. The molecule has 0 aliphatic rings.